The van der Waals surface area contributed by atoms with Crippen LogP contribution in [0.3, 0.4) is 0 Å². The number of nitrogens with zero attached hydrogens (tertiary/aromatic N) is 3. The van der Waals surface area contributed by atoms with E-state index < -0.39 is 0 Å². The van der Waals surface area contributed by atoms with E-state index in [0.29, 0.717) is 12.2 Å². The third-order valence-corrected chi connectivity index (χ3v) is 3.13. The van der Waals surface area contributed by atoms with Gasteiger partial charge >= 0.3 is 0 Å². The summed E-state index contributed by atoms with van der Waals surface area (Å²) in [6.07, 6.45) is 0. The Morgan fingerprint density at radius 3 is 2.55 bits per heavy atom. The standard InChI is InChI=1S/C15H17N3O2/c1-4-17(3)15(20)14-13(19)10-11(2)18(16-14)12-8-6-5-7-9-12/h5-10H,4H2,1-3H3. The van der Waals surface area contributed by atoms with E-state index in [2.05, 4.69) is 5.10 Å². The van der Waals surface area contributed by atoms with Crippen molar-refractivity contribution in [2.24, 2.45) is 0 Å². The highest BCUT2D eigenvalue weighted by Gasteiger charge is 2.17. The van der Waals surface area contributed by atoms with Crippen LogP contribution in [-0.2, 0) is 0 Å². The maximum absolute atomic E-state index is 12.1. The average Bonchev–Trinajstić information content (AvgIpc) is 2.46. The molecule has 0 unspecified atom stereocenters. The largest absolute Gasteiger partial charge is 0.340 e. The SMILES string of the molecule is CCN(C)C(=O)c1nn(-c2ccccc2)c(C)cc1=O. The molecule has 0 fully saturated rings. The molecule has 5 heteroatoms. The third kappa shape index (κ3) is 2.61. The van der Waals surface area contributed by atoms with Gasteiger partial charge in [0.05, 0.1) is 5.69 Å². The molecule has 20 heavy (non-hydrogen) atoms. The topological polar surface area (TPSA) is 55.2 Å². The molecule has 1 aromatic heterocycles. The second-order valence-electron chi connectivity index (χ2n) is 4.57. The molecule has 0 atom stereocenters. The van der Waals surface area contributed by atoms with Gasteiger partial charge in [-0.15, -0.1) is 0 Å². The van der Waals surface area contributed by atoms with Crippen molar-refractivity contribution in [1.82, 2.24) is 14.7 Å². The lowest BCUT2D eigenvalue weighted by atomic mass is 10.2. The molecule has 0 bridgehead atoms. The van der Waals surface area contributed by atoms with Crippen molar-refractivity contribution < 1.29 is 4.79 Å². The Labute approximate surface area is 117 Å². The Bertz CT molecular complexity index is 677. The van der Waals surface area contributed by atoms with Crippen LogP contribution in [0, 0.1) is 6.92 Å². The Morgan fingerprint density at radius 1 is 1.30 bits per heavy atom. The highest BCUT2D eigenvalue weighted by molar-refractivity contribution is 5.91. The molecule has 104 valence electrons. The Hall–Kier alpha value is -2.43. The van der Waals surface area contributed by atoms with Gasteiger partial charge in [0.2, 0.25) is 5.43 Å². The molecule has 0 aliphatic heterocycles. The number of para-hydroxylation sites is 1. The van der Waals surface area contributed by atoms with E-state index in [1.165, 1.54) is 11.0 Å². The normalized spacial score (nSPS) is 10.3. The molecule has 1 aromatic carbocycles. The predicted octanol–water partition coefficient (Wildman–Crippen LogP) is 1.63. The molecule has 0 saturated heterocycles. The molecule has 5 nitrogen and oxygen atoms in total. The van der Waals surface area contributed by atoms with Gasteiger partial charge in [0.1, 0.15) is 0 Å². The van der Waals surface area contributed by atoms with E-state index in [0.717, 1.165) is 5.69 Å². The summed E-state index contributed by atoms with van der Waals surface area (Å²) in [7, 11) is 1.65. The van der Waals surface area contributed by atoms with Gasteiger partial charge in [-0.3, -0.25) is 9.59 Å². The van der Waals surface area contributed by atoms with Crippen LogP contribution in [0.25, 0.3) is 5.69 Å². The molecular weight excluding hydrogens is 254 g/mol. The van der Waals surface area contributed by atoms with Crippen LogP contribution < -0.4 is 5.43 Å². The molecule has 0 saturated carbocycles. The second-order valence-corrected chi connectivity index (χ2v) is 4.57. The zero-order valence-corrected chi connectivity index (χ0v) is 11.8. The Kier molecular flexibility index (Phi) is 3.98. The van der Waals surface area contributed by atoms with Crippen molar-refractivity contribution >= 4 is 5.91 Å². The number of benzene rings is 1. The highest BCUT2D eigenvalue weighted by atomic mass is 16.2. The molecule has 2 rings (SSSR count). The predicted molar refractivity (Wildman–Crippen MR) is 77.2 cm³/mol. The minimum Gasteiger partial charge on any atom is -0.340 e. The van der Waals surface area contributed by atoms with Crippen LogP contribution in [0.4, 0.5) is 0 Å². The Balaban J connectivity index is 2.56. The van der Waals surface area contributed by atoms with Gasteiger partial charge in [-0.1, -0.05) is 18.2 Å². The summed E-state index contributed by atoms with van der Waals surface area (Å²) in [4.78, 5) is 25.6. The summed E-state index contributed by atoms with van der Waals surface area (Å²) < 4.78 is 1.61. The molecule has 0 radical (unpaired) electrons. The summed E-state index contributed by atoms with van der Waals surface area (Å²) in [5.74, 6) is -0.359. The lowest BCUT2D eigenvalue weighted by Crippen LogP contribution is -2.33. The summed E-state index contributed by atoms with van der Waals surface area (Å²) in [5, 5.41) is 4.22. The number of carbonyl (C=O) groups is 1. The van der Waals surface area contributed by atoms with Crippen molar-refractivity contribution in [3.8, 4) is 5.69 Å². The number of aromatic nitrogens is 2. The lowest BCUT2D eigenvalue weighted by molar-refractivity contribution is 0.0793. The maximum atomic E-state index is 12.1. The van der Waals surface area contributed by atoms with E-state index in [9.17, 15) is 9.59 Å². The van der Waals surface area contributed by atoms with Crippen LogP contribution in [0.5, 0.6) is 0 Å². The van der Waals surface area contributed by atoms with Crippen molar-refractivity contribution in [1.29, 1.82) is 0 Å². The summed E-state index contributed by atoms with van der Waals surface area (Å²) in [5.41, 5.74) is 1.11. The summed E-state index contributed by atoms with van der Waals surface area (Å²) >= 11 is 0. The molecule has 2 aromatic rings. The summed E-state index contributed by atoms with van der Waals surface area (Å²) in [6.45, 7) is 4.17. The van der Waals surface area contributed by atoms with E-state index >= 15 is 0 Å². The average molecular weight is 271 g/mol. The van der Waals surface area contributed by atoms with Crippen LogP contribution >= 0.6 is 0 Å². The van der Waals surface area contributed by atoms with Gasteiger partial charge in [-0.2, -0.15) is 5.10 Å². The number of hydrogen-bond donors (Lipinski definition) is 0. The first kappa shape index (κ1) is 14.0. The van der Waals surface area contributed by atoms with Crippen molar-refractivity contribution in [3.63, 3.8) is 0 Å². The molecule has 0 N–H and O–H groups in total. The van der Waals surface area contributed by atoms with Crippen LogP contribution in [0.1, 0.15) is 23.1 Å². The monoisotopic (exact) mass is 271 g/mol. The fraction of sp³-hybridized carbons (Fsp3) is 0.267. The number of amides is 1. The van der Waals surface area contributed by atoms with E-state index in [-0.39, 0.29) is 17.0 Å². The molecule has 0 aliphatic rings. The molecule has 0 aliphatic carbocycles. The minimum absolute atomic E-state index is 0.0520. The first-order valence-corrected chi connectivity index (χ1v) is 6.46. The molecule has 0 spiro atoms. The quantitative estimate of drug-likeness (QED) is 0.852. The van der Waals surface area contributed by atoms with Crippen LogP contribution in [-0.4, -0.2) is 34.2 Å². The third-order valence-electron chi connectivity index (χ3n) is 3.13. The first-order chi connectivity index (χ1) is 9.54. The number of carbonyl (C=O) groups excluding carboxylic acids is 1. The zero-order valence-electron chi connectivity index (χ0n) is 11.8. The molecule has 1 heterocycles. The smallest absolute Gasteiger partial charge is 0.278 e. The van der Waals surface area contributed by atoms with E-state index in [4.69, 9.17) is 0 Å². The Morgan fingerprint density at radius 2 is 1.95 bits per heavy atom. The fourth-order valence-electron chi connectivity index (χ4n) is 1.85. The van der Waals surface area contributed by atoms with Gasteiger partial charge in [-0.05, 0) is 26.0 Å². The zero-order chi connectivity index (χ0) is 14.7. The molecular formula is C15H17N3O2. The van der Waals surface area contributed by atoms with E-state index in [1.807, 2.05) is 37.3 Å². The van der Waals surface area contributed by atoms with Gasteiger partial charge in [0.25, 0.3) is 5.91 Å². The number of aryl methyl sites for hydroxylation is 1. The van der Waals surface area contributed by atoms with Crippen LogP contribution in [0.15, 0.2) is 41.2 Å². The van der Waals surface area contributed by atoms with Gasteiger partial charge in [-0.25, -0.2) is 4.68 Å². The maximum Gasteiger partial charge on any atom is 0.278 e. The summed E-state index contributed by atoms with van der Waals surface area (Å²) in [6, 6.07) is 10.9. The van der Waals surface area contributed by atoms with E-state index in [1.54, 1.807) is 18.7 Å². The second kappa shape index (κ2) is 5.69. The fourth-order valence-corrected chi connectivity index (χ4v) is 1.85. The van der Waals surface area contributed by atoms with Crippen molar-refractivity contribution in [2.45, 2.75) is 13.8 Å². The van der Waals surface area contributed by atoms with Crippen molar-refractivity contribution in [3.05, 3.63) is 58.0 Å². The number of hydrogen-bond acceptors (Lipinski definition) is 3. The molecule has 1 amide bonds. The van der Waals surface area contributed by atoms with Gasteiger partial charge in [0.15, 0.2) is 5.69 Å². The lowest BCUT2D eigenvalue weighted by Gasteiger charge is -2.15. The van der Waals surface area contributed by atoms with Gasteiger partial charge in [0, 0.05) is 25.4 Å². The van der Waals surface area contributed by atoms with Crippen LogP contribution in [0.2, 0.25) is 0 Å². The van der Waals surface area contributed by atoms with Crippen molar-refractivity contribution in [2.75, 3.05) is 13.6 Å². The number of rotatable bonds is 3. The van der Waals surface area contributed by atoms with Gasteiger partial charge < -0.3 is 4.90 Å². The highest BCUT2D eigenvalue weighted by Crippen LogP contribution is 2.08. The minimum atomic E-state index is -0.359. The first-order valence-electron chi connectivity index (χ1n) is 6.46.